The Morgan fingerprint density at radius 3 is 1.94 bits per heavy atom. The van der Waals surface area contributed by atoms with Crippen molar-refractivity contribution in [2.24, 2.45) is 0 Å². The van der Waals surface area contributed by atoms with Gasteiger partial charge in [0.05, 0.1) is 11.5 Å². The Morgan fingerprint density at radius 2 is 1.44 bits per heavy atom. The van der Waals surface area contributed by atoms with Crippen LogP contribution in [0.2, 0.25) is 0 Å². The number of carbonyl (C=O) groups is 1. The van der Waals surface area contributed by atoms with Gasteiger partial charge in [0.15, 0.2) is 0 Å². The molecular weight excluding hydrogens is 473 g/mol. The number of unbranched alkanes of at least 4 members (excludes halogenated alkanes) is 13. The zero-order chi connectivity index (χ0) is 25.1. The lowest BCUT2D eigenvalue weighted by Gasteiger charge is -2.08. The topological polar surface area (TPSA) is 83.5 Å². The molecule has 0 heterocycles. The number of benzene rings is 1. The molecule has 2 N–H and O–H groups in total. The average Bonchev–Trinajstić information content (AvgIpc) is 2.78. The Kier molecular flexibility index (Phi) is 17.4. The smallest absolute Gasteiger partial charge is 0.313 e. The molecule has 8 heteroatoms. The number of carboxylic acids is 1. The van der Waals surface area contributed by atoms with Crippen molar-refractivity contribution in [1.82, 2.24) is 4.72 Å². The number of rotatable bonds is 22. The molecule has 0 spiro atoms. The van der Waals surface area contributed by atoms with Crippen LogP contribution in [0.3, 0.4) is 0 Å². The summed E-state index contributed by atoms with van der Waals surface area (Å²) >= 11 is 0.929. The van der Waals surface area contributed by atoms with Crippen molar-refractivity contribution >= 4 is 27.8 Å². The number of aliphatic carboxylic acids is 1. The highest BCUT2D eigenvalue weighted by Crippen LogP contribution is 2.22. The Bertz CT molecular complexity index is 787. The highest BCUT2D eigenvalue weighted by atomic mass is 32.2. The standard InChI is InChI=1S/C26H44FNO4S2/c1-2-3-4-5-6-7-8-9-10-11-12-13-14-15-20-34(31,32)28-19-18-23-16-17-25(24(27)21-23)33-22-26(29)30/h16-17,21,28H,2-15,18-20,22H2,1H3,(H,29,30). The Balaban J connectivity index is 2.04. The maximum absolute atomic E-state index is 14.0. The maximum atomic E-state index is 14.0. The van der Waals surface area contributed by atoms with Crippen molar-refractivity contribution in [2.75, 3.05) is 18.1 Å². The molecular formula is C26H44FNO4S2. The molecule has 0 amide bonds. The monoisotopic (exact) mass is 517 g/mol. The van der Waals surface area contributed by atoms with Crippen molar-refractivity contribution in [1.29, 1.82) is 0 Å². The Labute approximate surface area is 210 Å². The number of halogens is 1. The zero-order valence-electron chi connectivity index (χ0n) is 20.8. The first-order valence-corrected chi connectivity index (χ1v) is 15.6. The highest BCUT2D eigenvalue weighted by molar-refractivity contribution is 8.00. The summed E-state index contributed by atoms with van der Waals surface area (Å²) in [5.74, 6) is -1.55. The molecule has 0 aliphatic heterocycles. The summed E-state index contributed by atoms with van der Waals surface area (Å²) in [6.45, 7) is 2.47. The fraction of sp³-hybridized carbons (Fsp3) is 0.731. The van der Waals surface area contributed by atoms with E-state index in [2.05, 4.69) is 11.6 Å². The van der Waals surface area contributed by atoms with Crippen LogP contribution in [0.1, 0.15) is 102 Å². The van der Waals surface area contributed by atoms with Crippen LogP contribution in [0.15, 0.2) is 23.1 Å². The molecule has 1 aromatic carbocycles. The summed E-state index contributed by atoms with van der Waals surface area (Å²) in [5.41, 5.74) is 0.677. The third kappa shape index (κ3) is 16.5. The van der Waals surface area contributed by atoms with E-state index in [0.29, 0.717) is 18.4 Å². The van der Waals surface area contributed by atoms with E-state index in [4.69, 9.17) is 5.11 Å². The van der Waals surface area contributed by atoms with Gasteiger partial charge in [-0.25, -0.2) is 17.5 Å². The minimum atomic E-state index is -3.32. The highest BCUT2D eigenvalue weighted by Gasteiger charge is 2.10. The number of sulfonamides is 1. The molecule has 0 bridgehead atoms. The van der Waals surface area contributed by atoms with Crippen LogP contribution in [0.5, 0.6) is 0 Å². The van der Waals surface area contributed by atoms with Crippen LogP contribution in [0.4, 0.5) is 4.39 Å². The number of nitrogens with one attached hydrogen (secondary N) is 1. The van der Waals surface area contributed by atoms with Gasteiger partial charge in [-0.3, -0.25) is 4.79 Å². The first kappa shape index (κ1) is 30.9. The van der Waals surface area contributed by atoms with Crippen LogP contribution < -0.4 is 4.72 Å². The summed E-state index contributed by atoms with van der Waals surface area (Å²) in [6.07, 6.45) is 17.6. The summed E-state index contributed by atoms with van der Waals surface area (Å²) in [5, 5.41) is 8.68. The van der Waals surface area contributed by atoms with E-state index >= 15 is 0 Å². The minimum absolute atomic E-state index is 0.129. The number of carboxylic acid groups (broad SMARTS) is 1. The van der Waals surface area contributed by atoms with E-state index in [9.17, 15) is 17.6 Å². The van der Waals surface area contributed by atoms with Crippen LogP contribution in [-0.4, -0.2) is 37.5 Å². The van der Waals surface area contributed by atoms with E-state index in [1.54, 1.807) is 12.1 Å². The van der Waals surface area contributed by atoms with E-state index in [1.807, 2.05) is 0 Å². The second-order valence-corrected chi connectivity index (χ2v) is 12.0. The lowest BCUT2D eigenvalue weighted by atomic mass is 10.0. The molecule has 1 rings (SSSR count). The molecule has 0 aliphatic rings. The van der Waals surface area contributed by atoms with Crippen LogP contribution in [0.25, 0.3) is 0 Å². The van der Waals surface area contributed by atoms with Gasteiger partial charge in [-0.05, 0) is 30.5 Å². The predicted octanol–water partition coefficient (Wildman–Crippen LogP) is 6.95. The van der Waals surface area contributed by atoms with Crippen molar-refractivity contribution < 1.29 is 22.7 Å². The average molecular weight is 518 g/mol. The molecule has 0 saturated heterocycles. The van der Waals surface area contributed by atoms with Gasteiger partial charge in [-0.2, -0.15) is 0 Å². The first-order chi connectivity index (χ1) is 16.3. The molecule has 0 aromatic heterocycles. The fourth-order valence-electron chi connectivity index (χ4n) is 3.87. The second-order valence-electron chi connectivity index (χ2n) is 9.01. The van der Waals surface area contributed by atoms with E-state index < -0.39 is 21.8 Å². The van der Waals surface area contributed by atoms with Gasteiger partial charge in [0, 0.05) is 11.4 Å². The van der Waals surface area contributed by atoms with Gasteiger partial charge >= 0.3 is 5.97 Å². The van der Waals surface area contributed by atoms with Crippen LogP contribution >= 0.6 is 11.8 Å². The molecule has 0 aliphatic carbocycles. The van der Waals surface area contributed by atoms with Crippen LogP contribution in [-0.2, 0) is 21.2 Å². The SMILES string of the molecule is CCCCCCCCCCCCCCCCS(=O)(=O)NCCc1ccc(SCC(=O)O)c(F)c1. The third-order valence-corrected chi connectivity index (χ3v) is 8.35. The van der Waals surface area contributed by atoms with Gasteiger partial charge in [0.1, 0.15) is 5.82 Å². The molecule has 196 valence electrons. The Hall–Kier alpha value is -1.12. The molecule has 0 fully saturated rings. The van der Waals surface area contributed by atoms with Crippen molar-refractivity contribution in [2.45, 2.75) is 108 Å². The maximum Gasteiger partial charge on any atom is 0.313 e. The zero-order valence-corrected chi connectivity index (χ0v) is 22.5. The fourth-order valence-corrected chi connectivity index (χ4v) is 5.65. The minimum Gasteiger partial charge on any atom is -0.481 e. The summed E-state index contributed by atoms with van der Waals surface area (Å²) in [6, 6.07) is 4.59. The van der Waals surface area contributed by atoms with E-state index in [0.717, 1.165) is 24.6 Å². The summed E-state index contributed by atoms with van der Waals surface area (Å²) < 4.78 is 41.0. The molecule has 34 heavy (non-hydrogen) atoms. The van der Waals surface area contributed by atoms with Crippen molar-refractivity contribution in [3.05, 3.63) is 29.6 Å². The van der Waals surface area contributed by atoms with Crippen molar-refractivity contribution in [3.8, 4) is 0 Å². The molecule has 0 saturated carbocycles. The second kappa shape index (κ2) is 19.1. The Morgan fingerprint density at radius 1 is 0.912 bits per heavy atom. The summed E-state index contributed by atoms with van der Waals surface area (Å²) in [7, 11) is -3.32. The van der Waals surface area contributed by atoms with Gasteiger partial charge in [-0.15, -0.1) is 11.8 Å². The van der Waals surface area contributed by atoms with Gasteiger partial charge in [0.25, 0.3) is 0 Å². The molecule has 1 aromatic rings. The van der Waals surface area contributed by atoms with Gasteiger partial charge in [-0.1, -0.05) is 96.5 Å². The largest absolute Gasteiger partial charge is 0.481 e. The van der Waals surface area contributed by atoms with Crippen molar-refractivity contribution in [3.63, 3.8) is 0 Å². The quantitative estimate of drug-likeness (QED) is 0.128. The molecule has 0 atom stereocenters. The molecule has 5 nitrogen and oxygen atoms in total. The summed E-state index contributed by atoms with van der Waals surface area (Å²) in [4.78, 5) is 10.9. The van der Waals surface area contributed by atoms with E-state index in [1.165, 1.54) is 76.7 Å². The molecule has 0 unspecified atom stereocenters. The predicted molar refractivity (Wildman–Crippen MR) is 141 cm³/mol. The number of hydrogen-bond donors (Lipinski definition) is 2. The number of thioether (sulfide) groups is 1. The number of hydrogen-bond acceptors (Lipinski definition) is 4. The third-order valence-electron chi connectivity index (χ3n) is 5.85. The lowest BCUT2D eigenvalue weighted by molar-refractivity contribution is -0.133. The van der Waals surface area contributed by atoms with Gasteiger partial charge in [0.2, 0.25) is 10.0 Å². The lowest BCUT2D eigenvalue weighted by Crippen LogP contribution is -2.28. The van der Waals surface area contributed by atoms with Gasteiger partial charge < -0.3 is 5.11 Å². The normalized spacial score (nSPS) is 11.7. The van der Waals surface area contributed by atoms with Crippen LogP contribution in [0, 0.1) is 5.82 Å². The molecule has 0 radical (unpaired) electrons. The van der Waals surface area contributed by atoms with E-state index in [-0.39, 0.29) is 22.9 Å². The first-order valence-electron chi connectivity index (χ1n) is 12.9.